The minimum absolute atomic E-state index is 0.113. The van der Waals surface area contributed by atoms with E-state index in [1.165, 1.54) is 22.9 Å². The largest absolute Gasteiger partial charge is 0.466 e. The number of aromatic nitrogens is 2. The number of carbonyl (C=O) groups is 2. The van der Waals surface area contributed by atoms with Crippen LogP contribution < -0.4 is 5.32 Å². The topological polar surface area (TPSA) is 73.2 Å². The van der Waals surface area contributed by atoms with Crippen LogP contribution in [-0.2, 0) is 14.3 Å². The van der Waals surface area contributed by atoms with E-state index in [1.807, 2.05) is 6.92 Å². The maximum Gasteiger partial charge on any atom is 0.307 e. The summed E-state index contributed by atoms with van der Waals surface area (Å²) in [5.41, 5.74) is 0.845. The number of rotatable bonds is 8. The third kappa shape index (κ3) is 6.11. The lowest BCUT2D eigenvalue weighted by molar-refractivity contribution is -0.143. The molecule has 0 saturated carbocycles. The van der Waals surface area contributed by atoms with Gasteiger partial charge in [0.1, 0.15) is 11.5 Å². The summed E-state index contributed by atoms with van der Waals surface area (Å²) in [6.07, 6.45) is 6.87. The molecule has 8 heteroatoms. The van der Waals surface area contributed by atoms with Gasteiger partial charge in [0.05, 0.1) is 23.7 Å². The zero-order chi connectivity index (χ0) is 18.9. The highest BCUT2D eigenvalue weighted by Crippen LogP contribution is 2.17. The van der Waals surface area contributed by atoms with E-state index in [1.54, 1.807) is 24.5 Å². The summed E-state index contributed by atoms with van der Waals surface area (Å²) in [7, 11) is 0. The molecule has 2 rings (SSSR count). The Morgan fingerprint density at radius 1 is 1.42 bits per heavy atom. The number of ether oxygens (including phenoxy) is 1. The van der Waals surface area contributed by atoms with Crippen LogP contribution in [0.5, 0.6) is 0 Å². The van der Waals surface area contributed by atoms with Crippen LogP contribution >= 0.6 is 15.9 Å². The first-order chi connectivity index (χ1) is 12.5. The van der Waals surface area contributed by atoms with Gasteiger partial charge in [0.15, 0.2) is 0 Å². The van der Waals surface area contributed by atoms with Crippen LogP contribution in [0.4, 0.5) is 4.39 Å². The summed E-state index contributed by atoms with van der Waals surface area (Å²) < 4.78 is 21.3. The minimum Gasteiger partial charge on any atom is -0.466 e. The number of halogens is 2. The Hall–Kier alpha value is -2.48. The molecule has 0 atom stereocenters. The molecule has 1 amide bonds. The standard InChI is InChI=1S/C18H19BrFN3O3/c1-2-9-26-18(25)7-8-21-17(24)6-4-13-3-5-16(15(20)10-13)23-12-14(19)11-22-23/h3-6,10-12H,2,7-9H2,1H3,(H,21,24)/b6-4+. The van der Waals surface area contributed by atoms with Gasteiger partial charge in [-0.15, -0.1) is 0 Å². The molecule has 0 unspecified atom stereocenters. The molecule has 0 spiro atoms. The van der Waals surface area contributed by atoms with Crippen LogP contribution in [-0.4, -0.2) is 34.8 Å². The Bertz CT molecular complexity index is 805. The molecule has 0 saturated heterocycles. The average molecular weight is 424 g/mol. The first-order valence-corrected chi connectivity index (χ1v) is 8.90. The normalized spacial score (nSPS) is 10.9. The van der Waals surface area contributed by atoms with E-state index in [-0.39, 0.29) is 24.8 Å². The van der Waals surface area contributed by atoms with Crippen LogP contribution in [0.1, 0.15) is 25.3 Å². The van der Waals surface area contributed by atoms with E-state index in [0.29, 0.717) is 17.9 Å². The molecule has 0 radical (unpaired) electrons. The van der Waals surface area contributed by atoms with Gasteiger partial charge in [0.2, 0.25) is 5.91 Å². The fourth-order valence-corrected chi connectivity index (χ4v) is 2.34. The monoisotopic (exact) mass is 423 g/mol. The Morgan fingerprint density at radius 2 is 2.23 bits per heavy atom. The fourth-order valence-electron chi connectivity index (χ4n) is 2.05. The van der Waals surface area contributed by atoms with Crippen LogP contribution in [0.3, 0.4) is 0 Å². The van der Waals surface area contributed by atoms with Gasteiger partial charge in [-0.25, -0.2) is 9.07 Å². The summed E-state index contributed by atoms with van der Waals surface area (Å²) in [5.74, 6) is -1.17. The molecule has 1 heterocycles. The van der Waals surface area contributed by atoms with Crippen molar-refractivity contribution in [3.05, 3.63) is 52.5 Å². The summed E-state index contributed by atoms with van der Waals surface area (Å²) in [6.45, 7) is 2.47. The number of esters is 1. The second-order valence-corrected chi connectivity index (χ2v) is 6.32. The summed E-state index contributed by atoms with van der Waals surface area (Å²) in [5, 5.41) is 6.60. The highest BCUT2D eigenvalue weighted by atomic mass is 79.9. The van der Waals surface area contributed by atoms with Gasteiger partial charge >= 0.3 is 5.97 Å². The van der Waals surface area contributed by atoms with Crippen molar-refractivity contribution in [2.24, 2.45) is 0 Å². The lowest BCUT2D eigenvalue weighted by atomic mass is 10.2. The summed E-state index contributed by atoms with van der Waals surface area (Å²) >= 11 is 3.26. The van der Waals surface area contributed by atoms with Crippen LogP contribution in [0.15, 0.2) is 41.1 Å². The number of hydrogen-bond acceptors (Lipinski definition) is 4. The minimum atomic E-state index is -0.457. The average Bonchev–Trinajstić information content (AvgIpc) is 3.04. The molecule has 1 aromatic heterocycles. The van der Waals surface area contributed by atoms with Crippen molar-refractivity contribution >= 4 is 33.9 Å². The number of benzene rings is 1. The van der Waals surface area contributed by atoms with Gasteiger partial charge in [0.25, 0.3) is 0 Å². The van der Waals surface area contributed by atoms with Gasteiger partial charge in [-0.1, -0.05) is 13.0 Å². The predicted molar refractivity (Wildman–Crippen MR) is 99.1 cm³/mol. The predicted octanol–water partition coefficient (Wildman–Crippen LogP) is 3.25. The van der Waals surface area contributed by atoms with Gasteiger partial charge < -0.3 is 10.1 Å². The lowest BCUT2D eigenvalue weighted by Crippen LogP contribution is -2.24. The molecular weight excluding hydrogens is 405 g/mol. The second-order valence-electron chi connectivity index (χ2n) is 5.41. The van der Waals surface area contributed by atoms with E-state index >= 15 is 0 Å². The highest BCUT2D eigenvalue weighted by Gasteiger charge is 2.07. The molecule has 6 nitrogen and oxygen atoms in total. The molecule has 1 aromatic carbocycles. The zero-order valence-electron chi connectivity index (χ0n) is 14.2. The Morgan fingerprint density at radius 3 is 2.88 bits per heavy atom. The molecule has 0 fully saturated rings. The Balaban J connectivity index is 1.86. The quantitative estimate of drug-likeness (QED) is 0.522. The van der Waals surface area contributed by atoms with Crippen molar-refractivity contribution in [1.82, 2.24) is 15.1 Å². The molecule has 0 aliphatic heterocycles. The van der Waals surface area contributed by atoms with Gasteiger partial charge in [-0.3, -0.25) is 9.59 Å². The molecule has 0 aliphatic rings. The van der Waals surface area contributed by atoms with Gasteiger partial charge in [0, 0.05) is 18.8 Å². The maximum atomic E-state index is 14.2. The van der Waals surface area contributed by atoms with Crippen molar-refractivity contribution < 1.29 is 18.7 Å². The lowest BCUT2D eigenvalue weighted by Gasteiger charge is -2.04. The van der Waals surface area contributed by atoms with Crippen molar-refractivity contribution in [2.45, 2.75) is 19.8 Å². The molecular formula is C18H19BrFN3O3. The number of hydrogen-bond donors (Lipinski definition) is 1. The van der Waals surface area contributed by atoms with Crippen LogP contribution in [0, 0.1) is 5.82 Å². The Kier molecular flexibility index (Phi) is 7.53. The number of nitrogens with one attached hydrogen (secondary N) is 1. The third-order valence-electron chi connectivity index (χ3n) is 3.29. The molecule has 138 valence electrons. The molecule has 2 aromatic rings. The van der Waals surface area contributed by atoms with E-state index in [2.05, 4.69) is 26.3 Å². The first kappa shape index (κ1) is 19.8. The van der Waals surface area contributed by atoms with Gasteiger partial charge in [-0.2, -0.15) is 5.10 Å². The molecule has 0 bridgehead atoms. The van der Waals surface area contributed by atoms with E-state index in [4.69, 9.17) is 4.74 Å². The SMILES string of the molecule is CCCOC(=O)CCNC(=O)/C=C/c1ccc(-n2cc(Br)cn2)c(F)c1. The molecule has 1 N–H and O–H groups in total. The summed E-state index contributed by atoms with van der Waals surface area (Å²) in [6, 6.07) is 4.58. The van der Waals surface area contributed by atoms with Crippen molar-refractivity contribution in [3.63, 3.8) is 0 Å². The van der Waals surface area contributed by atoms with E-state index in [9.17, 15) is 14.0 Å². The Labute approximate surface area is 159 Å². The van der Waals surface area contributed by atoms with Crippen LogP contribution in [0.25, 0.3) is 11.8 Å². The maximum absolute atomic E-state index is 14.2. The number of amides is 1. The smallest absolute Gasteiger partial charge is 0.307 e. The summed E-state index contributed by atoms with van der Waals surface area (Å²) in [4.78, 5) is 23.0. The number of carbonyl (C=O) groups excluding carboxylic acids is 2. The van der Waals surface area contributed by atoms with Crippen molar-refractivity contribution in [2.75, 3.05) is 13.2 Å². The van der Waals surface area contributed by atoms with Gasteiger partial charge in [-0.05, 0) is 46.1 Å². The second kappa shape index (κ2) is 9.86. The molecule has 0 aliphatic carbocycles. The molecule has 26 heavy (non-hydrogen) atoms. The van der Waals surface area contributed by atoms with E-state index < -0.39 is 5.82 Å². The number of nitrogens with zero attached hydrogens (tertiary/aromatic N) is 2. The zero-order valence-corrected chi connectivity index (χ0v) is 15.8. The van der Waals surface area contributed by atoms with Crippen molar-refractivity contribution in [1.29, 1.82) is 0 Å². The highest BCUT2D eigenvalue weighted by molar-refractivity contribution is 9.10. The fraction of sp³-hybridized carbons (Fsp3) is 0.278. The first-order valence-electron chi connectivity index (χ1n) is 8.11. The van der Waals surface area contributed by atoms with Crippen LogP contribution in [0.2, 0.25) is 0 Å². The van der Waals surface area contributed by atoms with Crippen molar-refractivity contribution in [3.8, 4) is 5.69 Å². The third-order valence-corrected chi connectivity index (χ3v) is 3.70. The van der Waals surface area contributed by atoms with E-state index in [0.717, 1.165) is 10.9 Å².